The van der Waals surface area contributed by atoms with Gasteiger partial charge in [-0.3, -0.25) is 9.78 Å². The Kier molecular flexibility index (Phi) is 4.68. The maximum absolute atomic E-state index is 12.3. The topological polar surface area (TPSA) is 80.7 Å². The van der Waals surface area contributed by atoms with E-state index in [-0.39, 0.29) is 5.91 Å². The van der Waals surface area contributed by atoms with Gasteiger partial charge < -0.3 is 5.32 Å². The molecule has 0 radical (unpaired) electrons. The largest absolute Gasteiger partial charge is 0.351 e. The van der Waals surface area contributed by atoms with Crippen molar-refractivity contribution >= 4 is 17.2 Å². The minimum absolute atomic E-state index is 0.127. The van der Waals surface area contributed by atoms with Crippen molar-refractivity contribution in [1.29, 1.82) is 0 Å². The van der Waals surface area contributed by atoms with Crippen LogP contribution in [0.3, 0.4) is 0 Å². The van der Waals surface area contributed by atoms with Crippen molar-refractivity contribution in [2.24, 2.45) is 0 Å². The lowest BCUT2D eigenvalue weighted by molar-refractivity contribution is 0.0957. The van der Waals surface area contributed by atoms with Crippen molar-refractivity contribution in [3.63, 3.8) is 0 Å². The zero-order valence-electron chi connectivity index (χ0n) is 12.6. The predicted molar refractivity (Wildman–Crippen MR) is 88.2 cm³/mol. The van der Waals surface area contributed by atoms with Gasteiger partial charge in [-0.15, -0.1) is 11.3 Å². The first-order chi connectivity index (χ1) is 11.2. The van der Waals surface area contributed by atoms with Crippen LogP contribution in [0.4, 0.5) is 0 Å². The zero-order chi connectivity index (χ0) is 16.1. The number of amides is 1. The Labute approximate surface area is 137 Å². The summed E-state index contributed by atoms with van der Waals surface area (Å²) in [5.74, 6) is 0.409. The molecule has 23 heavy (non-hydrogen) atoms. The van der Waals surface area contributed by atoms with Crippen LogP contribution in [0.15, 0.2) is 42.9 Å². The Morgan fingerprint density at radius 1 is 1.13 bits per heavy atom. The second-order valence-electron chi connectivity index (χ2n) is 4.83. The van der Waals surface area contributed by atoms with E-state index in [4.69, 9.17) is 0 Å². The zero-order valence-corrected chi connectivity index (χ0v) is 13.4. The number of nitrogens with one attached hydrogen (secondary N) is 1. The maximum atomic E-state index is 12.3. The van der Waals surface area contributed by atoms with E-state index in [9.17, 15) is 4.79 Å². The summed E-state index contributed by atoms with van der Waals surface area (Å²) >= 11 is 1.30. The fourth-order valence-electron chi connectivity index (χ4n) is 2.04. The van der Waals surface area contributed by atoms with Crippen molar-refractivity contribution in [1.82, 2.24) is 25.3 Å². The number of pyridine rings is 1. The van der Waals surface area contributed by atoms with E-state index in [1.165, 1.54) is 11.3 Å². The summed E-state index contributed by atoms with van der Waals surface area (Å²) in [5.41, 5.74) is 1.64. The summed E-state index contributed by atoms with van der Waals surface area (Å²) in [6.45, 7) is 2.35. The van der Waals surface area contributed by atoms with Gasteiger partial charge in [0.25, 0.3) is 5.91 Å². The second-order valence-corrected chi connectivity index (χ2v) is 5.83. The molecule has 0 aliphatic rings. The highest BCUT2D eigenvalue weighted by atomic mass is 32.1. The lowest BCUT2D eigenvalue weighted by atomic mass is 10.2. The molecule has 0 aliphatic carbocycles. The Bertz CT molecular complexity index is 789. The van der Waals surface area contributed by atoms with Crippen LogP contribution >= 0.6 is 11.3 Å². The van der Waals surface area contributed by atoms with E-state index >= 15 is 0 Å². The van der Waals surface area contributed by atoms with Crippen LogP contribution in [-0.4, -0.2) is 32.4 Å². The highest BCUT2D eigenvalue weighted by Crippen LogP contribution is 2.24. The van der Waals surface area contributed by atoms with Crippen molar-refractivity contribution in [2.45, 2.75) is 13.3 Å². The SMILES string of the molecule is Cc1nc(-c2ncccn2)sc1C(=O)NCCc1ccccn1. The van der Waals surface area contributed by atoms with Gasteiger partial charge in [-0.2, -0.15) is 0 Å². The molecule has 0 bridgehead atoms. The third-order valence-electron chi connectivity index (χ3n) is 3.15. The summed E-state index contributed by atoms with van der Waals surface area (Å²) in [6, 6.07) is 7.49. The molecule has 7 heteroatoms. The van der Waals surface area contributed by atoms with Crippen LogP contribution in [0.2, 0.25) is 0 Å². The van der Waals surface area contributed by atoms with Crippen LogP contribution in [0.5, 0.6) is 0 Å². The molecule has 1 N–H and O–H groups in total. The van der Waals surface area contributed by atoms with Crippen molar-refractivity contribution in [3.05, 3.63) is 59.1 Å². The molecular formula is C16H15N5OS. The Hall–Kier alpha value is -2.67. The number of nitrogens with zero attached hydrogens (tertiary/aromatic N) is 4. The molecule has 1 amide bonds. The van der Waals surface area contributed by atoms with Gasteiger partial charge in [0.1, 0.15) is 4.88 Å². The average Bonchev–Trinajstić information content (AvgIpc) is 2.98. The van der Waals surface area contributed by atoms with Crippen molar-refractivity contribution < 1.29 is 4.79 Å². The van der Waals surface area contributed by atoms with E-state index in [0.29, 0.717) is 34.4 Å². The number of carbonyl (C=O) groups excluding carboxylic acids is 1. The van der Waals surface area contributed by atoms with Crippen molar-refractivity contribution in [2.75, 3.05) is 6.54 Å². The fraction of sp³-hybridized carbons (Fsp3) is 0.188. The van der Waals surface area contributed by atoms with Gasteiger partial charge in [0.15, 0.2) is 10.8 Å². The molecule has 3 aromatic heterocycles. The van der Waals surface area contributed by atoms with Crippen LogP contribution < -0.4 is 5.32 Å². The third kappa shape index (κ3) is 3.75. The molecule has 0 unspecified atom stereocenters. The molecule has 0 spiro atoms. The molecule has 3 aromatic rings. The standard InChI is InChI=1S/C16H15N5OS/c1-11-13(23-16(21-11)14-18-8-4-9-19-14)15(22)20-10-6-12-5-2-3-7-17-12/h2-5,7-9H,6,10H2,1H3,(H,20,22). The molecule has 0 fully saturated rings. The average molecular weight is 325 g/mol. The molecule has 116 valence electrons. The minimum atomic E-state index is -0.127. The van der Waals surface area contributed by atoms with Crippen LogP contribution in [0.25, 0.3) is 10.8 Å². The smallest absolute Gasteiger partial charge is 0.263 e. The predicted octanol–water partition coefficient (Wildman–Crippen LogP) is 2.28. The first kappa shape index (κ1) is 15.2. The first-order valence-electron chi connectivity index (χ1n) is 7.17. The quantitative estimate of drug-likeness (QED) is 0.778. The third-order valence-corrected chi connectivity index (χ3v) is 4.30. The van der Waals surface area contributed by atoms with Gasteiger partial charge >= 0.3 is 0 Å². The molecule has 0 atom stereocenters. The van der Waals surface area contributed by atoms with E-state index < -0.39 is 0 Å². The van der Waals surface area contributed by atoms with Gasteiger partial charge in [-0.25, -0.2) is 15.0 Å². The molecule has 0 aromatic carbocycles. The number of hydrogen-bond donors (Lipinski definition) is 1. The van der Waals surface area contributed by atoms with Crippen molar-refractivity contribution in [3.8, 4) is 10.8 Å². The summed E-state index contributed by atoms with van der Waals surface area (Å²) in [4.78, 5) is 29.8. The van der Waals surface area contributed by atoms with E-state index in [2.05, 4.69) is 25.3 Å². The van der Waals surface area contributed by atoms with Gasteiger partial charge in [0.05, 0.1) is 5.69 Å². The normalized spacial score (nSPS) is 10.5. The highest BCUT2D eigenvalue weighted by Gasteiger charge is 2.17. The van der Waals surface area contributed by atoms with Gasteiger partial charge in [-0.1, -0.05) is 6.07 Å². The number of carbonyl (C=O) groups is 1. The lowest BCUT2D eigenvalue weighted by Crippen LogP contribution is -2.25. The Morgan fingerprint density at radius 2 is 1.91 bits per heavy atom. The fourth-order valence-corrected chi connectivity index (χ4v) is 2.97. The van der Waals surface area contributed by atoms with Gasteiger partial charge in [0.2, 0.25) is 0 Å². The number of rotatable bonds is 5. The molecule has 3 heterocycles. The first-order valence-corrected chi connectivity index (χ1v) is 7.98. The number of hydrogen-bond acceptors (Lipinski definition) is 6. The number of thiazole rings is 1. The second kappa shape index (κ2) is 7.06. The summed E-state index contributed by atoms with van der Waals surface area (Å²) in [5, 5.41) is 3.55. The number of aromatic nitrogens is 4. The molecule has 3 rings (SSSR count). The Balaban J connectivity index is 1.65. The molecule has 0 saturated carbocycles. The molecule has 0 aliphatic heterocycles. The molecular weight excluding hydrogens is 310 g/mol. The molecule has 0 saturated heterocycles. The van der Waals surface area contributed by atoms with Crippen LogP contribution in [0.1, 0.15) is 21.1 Å². The maximum Gasteiger partial charge on any atom is 0.263 e. The highest BCUT2D eigenvalue weighted by molar-refractivity contribution is 7.17. The monoisotopic (exact) mass is 325 g/mol. The summed E-state index contributed by atoms with van der Waals surface area (Å²) in [7, 11) is 0. The summed E-state index contributed by atoms with van der Waals surface area (Å²) in [6.07, 6.45) is 5.76. The molecule has 6 nitrogen and oxygen atoms in total. The summed E-state index contributed by atoms with van der Waals surface area (Å²) < 4.78 is 0. The van der Waals surface area contributed by atoms with Gasteiger partial charge in [-0.05, 0) is 25.1 Å². The minimum Gasteiger partial charge on any atom is -0.351 e. The van der Waals surface area contributed by atoms with Gasteiger partial charge in [0, 0.05) is 37.3 Å². The number of aryl methyl sites for hydroxylation is 1. The van der Waals surface area contributed by atoms with E-state index in [1.54, 1.807) is 24.7 Å². The Morgan fingerprint density at radius 3 is 2.65 bits per heavy atom. The lowest BCUT2D eigenvalue weighted by Gasteiger charge is -2.03. The van der Waals surface area contributed by atoms with Crippen LogP contribution in [-0.2, 0) is 6.42 Å². The van der Waals surface area contributed by atoms with E-state index in [1.807, 2.05) is 25.1 Å². The van der Waals surface area contributed by atoms with E-state index in [0.717, 1.165) is 5.69 Å². The van der Waals surface area contributed by atoms with Crippen LogP contribution in [0, 0.1) is 6.92 Å².